The lowest BCUT2D eigenvalue weighted by atomic mass is 10.0. The van der Waals surface area contributed by atoms with Gasteiger partial charge in [-0.25, -0.2) is 24.0 Å². The van der Waals surface area contributed by atoms with Crippen molar-refractivity contribution in [3.05, 3.63) is 52.6 Å². The maximum atomic E-state index is 14.0. The summed E-state index contributed by atoms with van der Waals surface area (Å²) in [5, 5.41) is 10.9. The lowest BCUT2D eigenvalue weighted by Gasteiger charge is -2.38. The minimum Gasteiger partial charge on any atom is -0.444 e. The van der Waals surface area contributed by atoms with Gasteiger partial charge in [0.05, 0.1) is 5.69 Å². The predicted molar refractivity (Wildman–Crippen MR) is 231 cm³/mol. The summed E-state index contributed by atoms with van der Waals surface area (Å²) < 4.78 is 17.5. The Balaban J connectivity index is 1.36. The number of aromatic nitrogens is 2. The van der Waals surface area contributed by atoms with E-state index in [1.807, 2.05) is 0 Å². The summed E-state index contributed by atoms with van der Waals surface area (Å²) in [6.45, 7) is 20.7. The molecule has 2 aliphatic rings. The van der Waals surface area contributed by atoms with Gasteiger partial charge in [0.15, 0.2) is 0 Å². The highest BCUT2D eigenvalue weighted by Crippen LogP contribution is 2.19. The maximum Gasteiger partial charge on any atom is 0.408 e. The van der Waals surface area contributed by atoms with Crippen molar-refractivity contribution in [3.63, 3.8) is 0 Å². The van der Waals surface area contributed by atoms with Crippen molar-refractivity contribution >= 4 is 41.9 Å². The Kier molecular flexibility index (Phi) is 15.6. The van der Waals surface area contributed by atoms with Crippen LogP contribution in [0.3, 0.4) is 0 Å². The number of piperazine rings is 1. The van der Waals surface area contributed by atoms with E-state index in [-0.39, 0.29) is 56.3 Å². The van der Waals surface area contributed by atoms with E-state index < -0.39 is 58.4 Å². The van der Waals surface area contributed by atoms with Crippen LogP contribution >= 0.6 is 0 Å². The van der Waals surface area contributed by atoms with Crippen LogP contribution in [-0.4, -0.2) is 134 Å². The molecule has 62 heavy (non-hydrogen) atoms. The van der Waals surface area contributed by atoms with Crippen LogP contribution < -0.4 is 27.0 Å². The highest BCUT2D eigenvalue weighted by atomic mass is 16.6. The molecule has 2 fully saturated rings. The fourth-order valence-corrected chi connectivity index (χ4v) is 6.81. The van der Waals surface area contributed by atoms with Crippen LogP contribution in [0.1, 0.15) is 101 Å². The van der Waals surface area contributed by atoms with Gasteiger partial charge in [0.1, 0.15) is 34.2 Å². The molecule has 2 atom stereocenters. The number of likely N-dealkylation sites (tertiary alicyclic amines) is 1. The molecule has 0 spiro atoms. The molecule has 0 bridgehead atoms. The first kappa shape index (κ1) is 48.8. The predicted octanol–water partition coefficient (Wildman–Crippen LogP) is 4.55. The summed E-state index contributed by atoms with van der Waals surface area (Å²) in [5.74, 6) is -0.558. The smallest absolute Gasteiger partial charge is 0.408 e. The molecule has 4 rings (SSSR count). The summed E-state index contributed by atoms with van der Waals surface area (Å²) >= 11 is 0. The summed E-state index contributed by atoms with van der Waals surface area (Å²) in [7, 11) is 0. The van der Waals surface area contributed by atoms with Crippen LogP contribution in [0.25, 0.3) is 5.69 Å². The third-order valence-electron chi connectivity index (χ3n) is 9.64. The van der Waals surface area contributed by atoms with E-state index in [9.17, 15) is 33.6 Å². The third kappa shape index (κ3) is 15.2. The van der Waals surface area contributed by atoms with Gasteiger partial charge in [-0.1, -0.05) is 12.1 Å². The minimum absolute atomic E-state index is 0.0455. The van der Waals surface area contributed by atoms with Gasteiger partial charge in [0, 0.05) is 57.9 Å². The van der Waals surface area contributed by atoms with Crippen molar-refractivity contribution in [2.45, 2.75) is 136 Å². The van der Waals surface area contributed by atoms with Crippen molar-refractivity contribution in [3.8, 4) is 5.69 Å². The summed E-state index contributed by atoms with van der Waals surface area (Å²) in [6, 6.07) is 6.74. The van der Waals surface area contributed by atoms with Gasteiger partial charge >= 0.3 is 30.0 Å². The molecule has 1 aromatic heterocycles. The zero-order chi connectivity index (χ0) is 46.2. The SMILES string of the molecule is CC(C)(C)OC(=O)NC1CCCN(C(=O)[C@@H](Cc2ccc(-n3ccc(NC(=O)N4CCN(C(=O)C(C)(C)NC(=O)OC(C)(C)C)CC4)nc3=O)cc2)NC(=O)OC(C)(C)C)CC1. The van der Waals surface area contributed by atoms with Gasteiger partial charge in [0.2, 0.25) is 11.8 Å². The number of hydrogen-bond donors (Lipinski definition) is 4. The first-order valence-corrected chi connectivity index (χ1v) is 21.0. The van der Waals surface area contributed by atoms with E-state index >= 15 is 0 Å². The first-order valence-electron chi connectivity index (χ1n) is 21.0. The zero-order valence-corrected chi connectivity index (χ0v) is 38.0. The molecule has 2 aromatic rings. The van der Waals surface area contributed by atoms with E-state index in [0.717, 1.165) is 0 Å². The molecule has 3 heterocycles. The Hall–Kier alpha value is -5.88. The van der Waals surface area contributed by atoms with E-state index in [4.69, 9.17) is 14.2 Å². The molecular formula is C43H65N9O10. The number of urea groups is 1. The second-order valence-electron chi connectivity index (χ2n) is 19.1. The number of ether oxygens (including phenoxy) is 3. The second-order valence-corrected chi connectivity index (χ2v) is 19.1. The van der Waals surface area contributed by atoms with Gasteiger partial charge in [-0.05, 0) is 119 Å². The van der Waals surface area contributed by atoms with E-state index in [1.54, 1.807) is 110 Å². The Bertz CT molecular complexity index is 1990. The van der Waals surface area contributed by atoms with Gasteiger partial charge in [-0.15, -0.1) is 0 Å². The van der Waals surface area contributed by atoms with Gasteiger partial charge in [-0.3, -0.25) is 19.5 Å². The van der Waals surface area contributed by atoms with Gasteiger partial charge < -0.3 is 44.9 Å². The van der Waals surface area contributed by atoms with Crippen LogP contribution in [0, 0.1) is 0 Å². The topological polar surface area (TPSA) is 223 Å². The fraction of sp³-hybridized carbons (Fsp3) is 0.628. The van der Waals surface area contributed by atoms with E-state index in [1.165, 1.54) is 21.7 Å². The van der Waals surface area contributed by atoms with E-state index in [2.05, 4.69) is 26.3 Å². The molecule has 7 amide bonds. The van der Waals surface area contributed by atoms with Gasteiger partial charge in [-0.2, -0.15) is 4.98 Å². The molecular weight excluding hydrogens is 803 g/mol. The van der Waals surface area contributed by atoms with Crippen molar-refractivity contribution in [1.82, 2.24) is 40.2 Å². The molecule has 19 heteroatoms. The number of nitrogens with one attached hydrogen (secondary N) is 4. The lowest BCUT2D eigenvalue weighted by molar-refractivity contribution is -0.138. The summed E-state index contributed by atoms with van der Waals surface area (Å²) in [4.78, 5) is 99.9. The van der Waals surface area contributed by atoms with Crippen LogP contribution in [0.15, 0.2) is 41.3 Å². The number of nitrogens with zero attached hydrogens (tertiary/aromatic N) is 5. The molecule has 0 aliphatic carbocycles. The average Bonchev–Trinajstić information content (AvgIpc) is 3.37. The Morgan fingerprint density at radius 1 is 0.694 bits per heavy atom. The number of hydrogen-bond acceptors (Lipinski definition) is 11. The van der Waals surface area contributed by atoms with Crippen molar-refractivity contribution < 1.29 is 43.0 Å². The average molecular weight is 868 g/mol. The summed E-state index contributed by atoms with van der Waals surface area (Å²) in [6.07, 6.45) is 1.49. The number of amides is 7. The first-order chi connectivity index (χ1) is 28.7. The van der Waals surface area contributed by atoms with E-state index in [0.29, 0.717) is 43.6 Å². The monoisotopic (exact) mass is 867 g/mol. The standard InChI is InChI=1S/C43H65N9O10/c1-40(2,3)60-37(57)44-29-13-12-20-49(21-18-29)33(53)31(45-38(58)61-41(4,5)6)27-28-14-16-30(17-15-28)52-22-19-32(47-36(52)56)46-35(55)51-25-23-50(24-26-51)34(54)43(10,11)48-39(59)62-42(7,8)9/h14-17,19,22,29,31H,12-13,18,20-21,23-27H2,1-11H3,(H,44,57)(H,45,58)(H,48,59)(H,46,47,55,56)/t29?,31-/m1/s1. The van der Waals surface area contributed by atoms with Crippen LogP contribution in [0.5, 0.6) is 0 Å². The van der Waals surface area contributed by atoms with Crippen LogP contribution in [0.4, 0.5) is 25.0 Å². The Morgan fingerprint density at radius 2 is 1.26 bits per heavy atom. The van der Waals surface area contributed by atoms with Crippen molar-refractivity contribution in [1.29, 1.82) is 0 Å². The van der Waals surface area contributed by atoms with Crippen molar-refractivity contribution in [2.24, 2.45) is 0 Å². The molecule has 1 unspecified atom stereocenters. The molecule has 0 radical (unpaired) electrons. The third-order valence-corrected chi connectivity index (χ3v) is 9.64. The number of carbonyl (C=O) groups excluding carboxylic acids is 6. The zero-order valence-electron chi connectivity index (χ0n) is 38.0. The maximum absolute atomic E-state index is 14.0. The molecule has 1 aromatic carbocycles. The Morgan fingerprint density at radius 3 is 1.84 bits per heavy atom. The highest BCUT2D eigenvalue weighted by Gasteiger charge is 2.37. The molecule has 2 aliphatic heterocycles. The molecule has 4 N–H and O–H groups in total. The second kappa shape index (κ2) is 19.9. The number of benzene rings is 1. The fourth-order valence-electron chi connectivity index (χ4n) is 6.81. The van der Waals surface area contributed by atoms with Crippen LogP contribution in [-0.2, 0) is 30.2 Å². The Labute approximate surface area is 363 Å². The normalized spacial score (nSPS) is 16.9. The van der Waals surface area contributed by atoms with Gasteiger partial charge in [0.25, 0.3) is 0 Å². The minimum atomic E-state index is -1.23. The van der Waals surface area contributed by atoms with Crippen molar-refractivity contribution in [2.75, 3.05) is 44.6 Å². The highest BCUT2D eigenvalue weighted by molar-refractivity contribution is 5.91. The quantitative estimate of drug-likeness (QED) is 0.256. The number of anilines is 1. The number of carbonyl (C=O) groups is 6. The molecule has 342 valence electrons. The number of rotatable bonds is 9. The lowest BCUT2D eigenvalue weighted by Crippen LogP contribution is -2.60. The molecule has 0 saturated carbocycles. The molecule has 19 nitrogen and oxygen atoms in total. The molecule has 2 saturated heterocycles. The largest absolute Gasteiger partial charge is 0.444 e. The summed E-state index contributed by atoms with van der Waals surface area (Å²) in [5.41, 5.74) is -2.84. The van der Waals surface area contributed by atoms with Crippen LogP contribution in [0.2, 0.25) is 0 Å². The number of alkyl carbamates (subject to hydrolysis) is 3.